The van der Waals surface area contributed by atoms with Gasteiger partial charge in [-0.2, -0.15) is 0 Å². The lowest BCUT2D eigenvalue weighted by atomic mass is 10.1. The summed E-state index contributed by atoms with van der Waals surface area (Å²) >= 11 is 0. The summed E-state index contributed by atoms with van der Waals surface area (Å²) in [4.78, 5) is 25.2. The average molecular weight is 261 g/mol. The second-order valence-electron chi connectivity index (χ2n) is 3.99. The van der Waals surface area contributed by atoms with Crippen LogP contribution in [0.5, 0.6) is 0 Å². The standard InChI is InChI=1S/C12H11N3O4/c1-7-5-13-12(14-6-10(16)17)8-3-2-4-9(11(7)8)15(18)19/h2-5H,6H2,1H3,(H,13,14)(H,16,17). The first-order valence-corrected chi connectivity index (χ1v) is 5.49. The van der Waals surface area contributed by atoms with Gasteiger partial charge in [0.1, 0.15) is 12.4 Å². The van der Waals surface area contributed by atoms with Gasteiger partial charge in [0.05, 0.1) is 10.3 Å². The quantitative estimate of drug-likeness (QED) is 0.643. The van der Waals surface area contributed by atoms with Crippen LogP contribution in [-0.4, -0.2) is 27.5 Å². The topological polar surface area (TPSA) is 105 Å². The summed E-state index contributed by atoms with van der Waals surface area (Å²) in [5.74, 6) is -0.701. The van der Waals surface area contributed by atoms with E-state index in [1.54, 1.807) is 19.1 Å². The molecule has 0 bridgehead atoms. The van der Waals surface area contributed by atoms with Gasteiger partial charge >= 0.3 is 5.97 Å². The van der Waals surface area contributed by atoms with Crippen molar-refractivity contribution in [2.45, 2.75) is 6.92 Å². The number of aryl methyl sites for hydroxylation is 1. The third-order valence-electron chi connectivity index (χ3n) is 2.68. The number of aromatic nitrogens is 1. The van der Waals surface area contributed by atoms with Crippen LogP contribution in [-0.2, 0) is 4.79 Å². The molecule has 0 unspecified atom stereocenters. The maximum atomic E-state index is 11.0. The molecule has 2 aromatic rings. The highest BCUT2D eigenvalue weighted by Gasteiger charge is 2.16. The van der Waals surface area contributed by atoms with Crippen LogP contribution in [0.1, 0.15) is 5.56 Å². The van der Waals surface area contributed by atoms with Crippen LogP contribution in [0.15, 0.2) is 24.4 Å². The summed E-state index contributed by atoms with van der Waals surface area (Å²) in [5.41, 5.74) is 0.652. The number of pyridine rings is 1. The van der Waals surface area contributed by atoms with Crippen molar-refractivity contribution in [3.8, 4) is 0 Å². The highest BCUT2D eigenvalue weighted by Crippen LogP contribution is 2.31. The zero-order valence-electron chi connectivity index (χ0n) is 10.1. The summed E-state index contributed by atoms with van der Waals surface area (Å²) in [6.07, 6.45) is 1.49. The molecule has 2 rings (SSSR count). The van der Waals surface area contributed by atoms with Crippen LogP contribution in [0.3, 0.4) is 0 Å². The average Bonchev–Trinajstić information content (AvgIpc) is 2.37. The highest BCUT2D eigenvalue weighted by molar-refractivity contribution is 6.00. The van der Waals surface area contributed by atoms with Crippen molar-refractivity contribution < 1.29 is 14.8 Å². The van der Waals surface area contributed by atoms with Crippen molar-refractivity contribution in [1.29, 1.82) is 0 Å². The Morgan fingerprint density at radius 2 is 2.26 bits per heavy atom. The molecule has 2 N–H and O–H groups in total. The Hall–Kier alpha value is -2.70. The van der Waals surface area contributed by atoms with E-state index in [0.29, 0.717) is 22.2 Å². The zero-order chi connectivity index (χ0) is 14.0. The number of fused-ring (bicyclic) bond motifs is 1. The number of rotatable bonds is 4. The van der Waals surface area contributed by atoms with Gasteiger partial charge in [-0.05, 0) is 12.5 Å². The molecule has 1 aromatic heterocycles. The van der Waals surface area contributed by atoms with E-state index in [2.05, 4.69) is 10.3 Å². The molecule has 0 spiro atoms. The largest absolute Gasteiger partial charge is 0.480 e. The predicted molar refractivity (Wildman–Crippen MR) is 69.3 cm³/mol. The lowest BCUT2D eigenvalue weighted by molar-refractivity contribution is -0.383. The monoisotopic (exact) mass is 261 g/mol. The fourth-order valence-corrected chi connectivity index (χ4v) is 1.90. The van der Waals surface area contributed by atoms with Gasteiger partial charge in [-0.1, -0.05) is 12.1 Å². The smallest absolute Gasteiger partial charge is 0.322 e. The lowest BCUT2D eigenvalue weighted by Gasteiger charge is -2.09. The van der Waals surface area contributed by atoms with Gasteiger partial charge in [-0.25, -0.2) is 4.98 Å². The van der Waals surface area contributed by atoms with Gasteiger partial charge in [0.2, 0.25) is 0 Å². The van der Waals surface area contributed by atoms with Gasteiger partial charge in [0.25, 0.3) is 5.69 Å². The van der Waals surface area contributed by atoms with E-state index in [1.807, 2.05) is 0 Å². The minimum atomic E-state index is -1.03. The van der Waals surface area contributed by atoms with E-state index in [9.17, 15) is 14.9 Å². The normalized spacial score (nSPS) is 10.4. The first-order chi connectivity index (χ1) is 9.00. The van der Waals surface area contributed by atoms with Gasteiger partial charge in [0.15, 0.2) is 0 Å². The van der Waals surface area contributed by atoms with Crippen LogP contribution >= 0.6 is 0 Å². The maximum Gasteiger partial charge on any atom is 0.322 e. The molecule has 0 fully saturated rings. The Kier molecular flexibility index (Phi) is 3.28. The number of carboxylic acids is 1. The van der Waals surface area contributed by atoms with Crippen molar-refractivity contribution in [2.75, 3.05) is 11.9 Å². The lowest BCUT2D eigenvalue weighted by Crippen LogP contribution is -2.13. The van der Waals surface area contributed by atoms with Crippen LogP contribution < -0.4 is 5.32 Å². The van der Waals surface area contributed by atoms with Crippen molar-refractivity contribution in [3.05, 3.63) is 40.1 Å². The fraction of sp³-hybridized carbons (Fsp3) is 0.167. The molecule has 0 amide bonds. The zero-order valence-corrected chi connectivity index (χ0v) is 10.1. The molecule has 98 valence electrons. The second-order valence-corrected chi connectivity index (χ2v) is 3.99. The summed E-state index contributed by atoms with van der Waals surface area (Å²) in [6, 6.07) is 4.64. The summed E-state index contributed by atoms with van der Waals surface area (Å²) in [5, 5.41) is 23.3. The van der Waals surface area contributed by atoms with Gasteiger partial charge < -0.3 is 10.4 Å². The number of nitrogens with one attached hydrogen (secondary N) is 1. The maximum absolute atomic E-state index is 11.0. The minimum absolute atomic E-state index is 0.0178. The molecule has 19 heavy (non-hydrogen) atoms. The van der Waals surface area contributed by atoms with Gasteiger partial charge in [0, 0.05) is 17.6 Å². The molecular formula is C12H11N3O4. The van der Waals surface area contributed by atoms with E-state index in [1.165, 1.54) is 12.3 Å². The Morgan fingerprint density at radius 3 is 2.89 bits per heavy atom. The third-order valence-corrected chi connectivity index (χ3v) is 2.68. The number of carbonyl (C=O) groups is 1. The molecule has 0 saturated carbocycles. The minimum Gasteiger partial charge on any atom is -0.480 e. The van der Waals surface area contributed by atoms with Gasteiger partial charge in [-0.3, -0.25) is 14.9 Å². The number of non-ortho nitro benzene ring substituents is 1. The molecule has 7 nitrogen and oxygen atoms in total. The number of aliphatic carboxylic acids is 1. The first-order valence-electron chi connectivity index (χ1n) is 5.49. The van der Waals surface area contributed by atoms with Crippen molar-refractivity contribution in [1.82, 2.24) is 4.98 Å². The summed E-state index contributed by atoms with van der Waals surface area (Å²) in [7, 11) is 0. The number of hydrogen-bond acceptors (Lipinski definition) is 5. The molecule has 7 heteroatoms. The van der Waals surface area contributed by atoms with Crippen LogP contribution in [0, 0.1) is 17.0 Å². The Bertz CT molecular complexity index is 669. The molecule has 0 aliphatic rings. The second kappa shape index (κ2) is 4.89. The van der Waals surface area contributed by atoms with Crippen LogP contribution in [0.4, 0.5) is 11.5 Å². The molecule has 1 heterocycles. The van der Waals surface area contributed by atoms with E-state index in [4.69, 9.17) is 5.11 Å². The molecule has 1 aromatic carbocycles. The number of nitro groups is 1. The number of hydrogen-bond donors (Lipinski definition) is 2. The van der Waals surface area contributed by atoms with E-state index in [-0.39, 0.29) is 12.2 Å². The molecule has 0 aliphatic heterocycles. The number of benzene rings is 1. The van der Waals surface area contributed by atoms with Crippen LogP contribution in [0.2, 0.25) is 0 Å². The van der Waals surface area contributed by atoms with Gasteiger partial charge in [-0.15, -0.1) is 0 Å². The molecule has 0 radical (unpaired) electrons. The molecule has 0 saturated heterocycles. The van der Waals surface area contributed by atoms with Crippen molar-refractivity contribution in [2.24, 2.45) is 0 Å². The summed E-state index contributed by atoms with van der Waals surface area (Å²) < 4.78 is 0. The number of anilines is 1. The number of nitrogens with zero attached hydrogens (tertiary/aromatic N) is 2. The van der Waals surface area contributed by atoms with Crippen LogP contribution in [0.25, 0.3) is 10.8 Å². The highest BCUT2D eigenvalue weighted by atomic mass is 16.6. The Balaban J connectivity index is 2.63. The Morgan fingerprint density at radius 1 is 1.53 bits per heavy atom. The number of carboxylic acid groups (broad SMARTS) is 1. The van der Waals surface area contributed by atoms with E-state index in [0.717, 1.165) is 0 Å². The summed E-state index contributed by atoms with van der Waals surface area (Å²) in [6.45, 7) is 1.43. The first kappa shape index (κ1) is 12.7. The SMILES string of the molecule is Cc1cnc(NCC(=O)O)c2cccc([N+](=O)[O-])c12. The molecule has 0 aliphatic carbocycles. The molecular weight excluding hydrogens is 250 g/mol. The van der Waals surface area contributed by atoms with Crippen molar-refractivity contribution >= 4 is 28.2 Å². The fourth-order valence-electron chi connectivity index (χ4n) is 1.90. The predicted octanol–water partition coefficient (Wildman–Crippen LogP) is 1.95. The number of nitro benzene ring substituents is 1. The van der Waals surface area contributed by atoms with E-state index < -0.39 is 10.9 Å². The molecule has 0 atom stereocenters. The third kappa shape index (κ3) is 2.44. The van der Waals surface area contributed by atoms with E-state index >= 15 is 0 Å². The van der Waals surface area contributed by atoms with Crippen molar-refractivity contribution in [3.63, 3.8) is 0 Å². The Labute approximate surface area is 108 Å².